The van der Waals surface area contributed by atoms with E-state index in [1.807, 2.05) is 24.7 Å². The smallest absolute Gasteiger partial charge is 0.115 e. The first-order valence-electron chi connectivity index (χ1n) is 6.35. The molecule has 3 rings (SSSR count). The average molecular weight is 240 g/mol. The zero-order valence-corrected chi connectivity index (χ0v) is 10.2. The molecule has 0 spiro atoms. The van der Waals surface area contributed by atoms with Crippen LogP contribution >= 0.6 is 0 Å². The Balaban J connectivity index is 1.89. The lowest BCUT2D eigenvalue weighted by Gasteiger charge is -2.22. The molecule has 3 heterocycles. The molecule has 0 saturated carbocycles. The first-order chi connectivity index (χ1) is 8.93. The van der Waals surface area contributed by atoms with Gasteiger partial charge in [0.2, 0.25) is 0 Å². The maximum absolute atomic E-state index is 4.52. The predicted molar refractivity (Wildman–Crippen MR) is 70.1 cm³/mol. The van der Waals surface area contributed by atoms with Gasteiger partial charge in [0.05, 0.1) is 0 Å². The maximum atomic E-state index is 4.52. The summed E-state index contributed by atoms with van der Waals surface area (Å²) in [5.41, 5.74) is 3.40. The number of rotatable bonds is 2. The minimum absolute atomic E-state index is 0.579. The number of pyridine rings is 1. The fraction of sp³-hybridized carbons (Fsp3) is 0.357. The van der Waals surface area contributed by atoms with Crippen LogP contribution < -0.4 is 5.32 Å². The molecule has 0 bridgehead atoms. The van der Waals surface area contributed by atoms with Crippen molar-refractivity contribution in [3.05, 3.63) is 42.7 Å². The minimum atomic E-state index is 0.579. The van der Waals surface area contributed by atoms with Gasteiger partial charge in [0.15, 0.2) is 0 Å². The molecule has 0 aliphatic carbocycles. The highest BCUT2D eigenvalue weighted by atomic mass is 14.9. The van der Waals surface area contributed by atoms with Crippen LogP contribution in [0.2, 0.25) is 0 Å². The molecular weight excluding hydrogens is 224 g/mol. The van der Waals surface area contributed by atoms with Crippen LogP contribution in [0.25, 0.3) is 11.1 Å². The van der Waals surface area contributed by atoms with Gasteiger partial charge in [0.1, 0.15) is 6.33 Å². The van der Waals surface area contributed by atoms with Crippen molar-refractivity contribution in [2.45, 2.75) is 18.8 Å². The second-order valence-electron chi connectivity index (χ2n) is 4.62. The molecular formula is C14H16N4. The summed E-state index contributed by atoms with van der Waals surface area (Å²) >= 11 is 0. The molecule has 2 aromatic rings. The zero-order chi connectivity index (χ0) is 12.2. The summed E-state index contributed by atoms with van der Waals surface area (Å²) in [5.74, 6) is 0.579. The second kappa shape index (κ2) is 5.23. The van der Waals surface area contributed by atoms with Crippen molar-refractivity contribution >= 4 is 0 Å². The largest absolute Gasteiger partial charge is 0.317 e. The zero-order valence-electron chi connectivity index (χ0n) is 10.2. The van der Waals surface area contributed by atoms with Crippen molar-refractivity contribution in [1.29, 1.82) is 0 Å². The standard InChI is InChI=1S/C14H16N4/c1-4-15-5-2-11(1)14-7-12(3-6-18-14)13-8-16-10-17-9-13/h3,6-11,15H,1-2,4-5H2. The highest BCUT2D eigenvalue weighted by molar-refractivity contribution is 5.61. The van der Waals surface area contributed by atoms with E-state index in [9.17, 15) is 0 Å². The Labute approximate surface area is 107 Å². The summed E-state index contributed by atoms with van der Waals surface area (Å²) < 4.78 is 0. The minimum Gasteiger partial charge on any atom is -0.317 e. The van der Waals surface area contributed by atoms with E-state index in [4.69, 9.17) is 0 Å². The number of nitrogens with one attached hydrogen (secondary N) is 1. The molecule has 18 heavy (non-hydrogen) atoms. The van der Waals surface area contributed by atoms with E-state index < -0.39 is 0 Å². The fourth-order valence-electron chi connectivity index (χ4n) is 2.42. The molecule has 1 fully saturated rings. The van der Waals surface area contributed by atoms with Crippen LogP contribution in [0.1, 0.15) is 24.5 Å². The first-order valence-corrected chi connectivity index (χ1v) is 6.35. The number of hydrogen-bond donors (Lipinski definition) is 1. The van der Waals surface area contributed by atoms with Crippen molar-refractivity contribution < 1.29 is 0 Å². The SMILES string of the molecule is c1ncc(-c2ccnc(C3CCNCC3)c2)cn1. The van der Waals surface area contributed by atoms with Crippen molar-refractivity contribution in [3.8, 4) is 11.1 Å². The first kappa shape index (κ1) is 11.3. The maximum Gasteiger partial charge on any atom is 0.115 e. The van der Waals surface area contributed by atoms with Crippen molar-refractivity contribution in [1.82, 2.24) is 20.3 Å². The van der Waals surface area contributed by atoms with Gasteiger partial charge in [-0.1, -0.05) is 0 Å². The van der Waals surface area contributed by atoms with E-state index in [1.165, 1.54) is 18.5 Å². The molecule has 2 aromatic heterocycles. The van der Waals surface area contributed by atoms with E-state index in [0.717, 1.165) is 24.2 Å². The van der Waals surface area contributed by atoms with Crippen LogP contribution in [0, 0.1) is 0 Å². The van der Waals surface area contributed by atoms with Gasteiger partial charge in [-0.05, 0) is 43.6 Å². The van der Waals surface area contributed by atoms with Crippen molar-refractivity contribution in [2.24, 2.45) is 0 Å². The van der Waals surface area contributed by atoms with Crippen LogP contribution in [0.3, 0.4) is 0 Å². The molecule has 0 amide bonds. The quantitative estimate of drug-likeness (QED) is 0.872. The van der Waals surface area contributed by atoms with Gasteiger partial charge in [0, 0.05) is 35.8 Å². The van der Waals surface area contributed by atoms with Crippen LogP contribution in [0.4, 0.5) is 0 Å². The van der Waals surface area contributed by atoms with Gasteiger partial charge in [-0.25, -0.2) is 9.97 Å². The molecule has 1 saturated heterocycles. The highest BCUT2D eigenvalue weighted by Gasteiger charge is 2.16. The number of aromatic nitrogens is 3. The monoisotopic (exact) mass is 240 g/mol. The summed E-state index contributed by atoms with van der Waals surface area (Å²) in [6, 6.07) is 4.19. The Morgan fingerprint density at radius 2 is 1.83 bits per heavy atom. The highest BCUT2D eigenvalue weighted by Crippen LogP contribution is 2.26. The van der Waals surface area contributed by atoms with Crippen molar-refractivity contribution in [2.75, 3.05) is 13.1 Å². The Morgan fingerprint density at radius 3 is 2.61 bits per heavy atom. The van der Waals surface area contributed by atoms with Gasteiger partial charge < -0.3 is 5.32 Å². The van der Waals surface area contributed by atoms with Crippen molar-refractivity contribution in [3.63, 3.8) is 0 Å². The lowest BCUT2D eigenvalue weighted by atomic mass is 9.93. The lowest BCUT2D eigenvalue weighted by molar-refractivity contribution is 0.453. The summed E-state index contributed by atoms with van der Waals surface area (Å²) in [4.78, 5) is 12.6. The summed E-state index contributed by atoms with van der Waals surface area (Å²) in [5, 5.41) is 3.38. The van der Waals surface area contributed by atoms with Crippen LogP contribution in [-0.2, 0) is 0 Å². The van der Waals surface area contributed by atoms with E-state index in [2.05, 4.69) is 26.3 Å². The van der Waals surface area contributed by atoms with Gasteiger partial charge in [-0.3, -0.25) is 4.98 Å². The van der Waals surface area contributed by atoms with E-state index in [1.54, 1.807) is 6.33 Å². The molecule has 4 heteroatoms. The van der Waals surface area contributed by atoms with Gasteiger partial charge in [-0.15, -0.1) is 0 Å². The molecule has 0 aromatic carbocycles. The van der Waals surface area contributed by atoms with Gasteiger partial charge in [-0.2, -0.15) is 0 Å². The van der Waals surface area contributed by atoms with Crippen LogP contribution in [-0.4, -0.2) is 28.0 Å². The molecule has 1 aliphatic heterocycles. The van der Waals surface area contributed by atoms with Gasteiger partial charge in [0.25, 0.3) is 0 Å². The molecule has 0 radical (unpaired) electrons. The van der Waals surface area contributed by atoms with E-state index in [0.29, 0.717) is 5.92 Å². The third-order valence-electron chi connectivity index (χ3n) is 3.43. The van der Waals surface area contributed by atoms with Gasteiger partial charge >= 0.3 is 0 Å². The van der Waals surface area contributed by atoms with Crippen LogP contribution in [0.5, 0.6) is 0 Å². The normalized spacial score (nSPS) is 16.7. The van der Waals surface area contributed by atoms with E-state index in [-0.39, 0.29) is 0 Å². The molecule has 4 nitrogen and oxygen atoms in total. The fourth-order valence-corrected chi connectivity index (χ4v) is 2.42. The molecule has 1 N–H and O–H groups in total. The topological polar surface area (TPSA) is 50.7 Å². The van der Waals surface area contributed by atoms with E-state index >= 15 is 0 Å². The lowest BCUT2D eigenvalue weighted by Crippen LogP contribution is -2.27. The molecule has 1 aliphatic rings. The van der Waals surface area contributed by atoms with Crippen LogP contribution in [0.15, 0.2) is 37.1 Å². The molecule has 92 valence electrons. The number of piperidine rings is 1. The number of hydrogen-bond acceptors (Lipinski definition) is 4. The Morgan fingerprint density at radius 1 is 1.06 bits per heavy atom. The number of nitrogens with zero attached hydrogens (tertiary/aromatic N) is 3. The molecule has 0 atom stereocenters. The summed E-state index contributed by atoms with van der Waals surface area (Å²) in [6.45, 7) is 2.18. The predicted octanol–water partition coefficient (Wildman–Crippen LogP) is 2.01. The second-order valence-corrected chi connectivity index (χ2v) is 4.62. The Kier molecular flexibility index (Phi) is 3.28. The average Bonchev–Trinajstić information content (AvgIpc) is 2.49. The third-order valence-corrected chi connectivity index (χ3v) is 3.43. The Bertz CT molecular complexity index is 506. The third kappa shape index (κ3) is 2.38. The summed E-state index contributed by atoms with van der Waals surface area (Å²) in [7, 11) is 0. The Hall–Kier alpha value is -1.81. The molecule has 0 unspecified atom stereocenters. The summed E-state index contributed by atoms with van der Waals surface area (Å²) in [6.07, 6.45) is 9.46.